The van der Waals surface area contributed by atoms with Crippen LogP contribution in [0.2, 0.25) is 0 Å². The number of aromatic nitrogens is 2. The van der Waals surface area contributed by atoms with Gasteiger partial charge < -0.3 is 9.31 Å². The summed E-state index contributed by atoms with van der Waals surface area (Å²) in [6.07, 6.45) is 3.68. The minimum Gasteiger partial charge on any atom is -0.399 e. The summed E-state index contributed by atoms with van der Waals surface area (Å²) in [5.41, 5.74) is 1.11. The van der Waals surface area contributed by atoms with Crippen LogP contribution in [0, 0.1) is 0 Å². The zero-order valence-corrected chi connectivity index (χ0v) is 11.2. The third-order valence-corrected chi connectivity index (χ3v) is 3.61. The van der Waals surface area contributed by atoms with Gasteiger partial charge in [-0.15, -0.1) is 0 Å². The SMILES string of the molecule is C=C(B1OC(C)(C)C(C)(C)O1)c1cnn(C)c1. The third kappa shape index (κ3) is 2.05. The third-order valence-electron chi connectivity index (χ3n) is 3.61. The summed E-state index contributed by atoms with van der Waals surface area (Å²) >= 11 is 0. The Balaban J connectivity index is 2.19. The molecule has 1 aromatic heterocycles. The average molecular weight is 234 g/mol. The molecule has 0 saturated carbocycles. The second-order valence-electron chi connectivity index (χ2n) is 5.52. The maximum absolute atomic E-state index is 5.93. The van der Waals surface area contributed by atoms with Gasteiger partial charge in [-0.2, -0.15) is 5.10 Å². The normalized spacial score (nSPS) is 21.8. The van der Waals surface area contributed by atoms with Gasteiger partial charge in [-0.25, -0.2) is 0 Å². The average Bonchev–Trinajstić information content (AvgIpc) is 2.69. The van der Waals surface area contributed by atoms with Crippen molar-refractivity contribution in [3.05, 3.63) is 24.5 Å². The van der Waals surface area contributed by atoms with E-state index < -0.39 is 7.12 Å². The van der Waals surface area contributed by atoms with Crippen molar-refractivity contribution in [2.75, 3.05) is 0 Å². The Morgan fingerprint density at radius 1 is 1.29 bits per heavy atom. The molecule has 1 fully saturated rings. The molecule has 0 amide bonds. The molecule has 1 aliphatic heterocycles. The van der Waals surface area contributed by atoms with E-state index in [4.69, 9.17) is 9.31 Å². The molecule has 0 radical (unpaired) electrons. The van der Waals surface area contributed by atoms with Crippen molar-refractivity contribution >= 4 is 12.6 Å². The Labute approximate surface area is 103 Å². The molecular formula is C12H19BN2O2. The molecule has 0 N–H and O–H groups in total. The fourth-order valence-electron chi connectivity index (χ4n) is 1.71. The van der Waals surface area contributed by atoms with E-state index in [0.717, 1.165) is 11.0 Å². The van der Waals surface area contributed by atoms with Crippen LogP contribution in [-0.2, 0) is 16.4 Å². The van der Waals surface area contributed by atoms with Gasteiger partial charge >= 0.3 is 7.12 Å². The highest BCUT2D eigenvalue weighted by atomic mass is 16.7. The molecule has 5 heteroatoms. The highest BCUT2D eigenvalue weighted by Crippen LogP contribution is 2.39. The van der Waals surface area contributed by atoms with Gasteiger partial charge in [0.2, 0.25) is 0 Å². The number of aryl methyl sites for hydroxylation is 1. The summed E-state index contributed by atoms with van der Waals surface area (Å²) in [5.74, 6) is 0. The molecule has 0 aromatic carbocycles. The fraction of sp³-hybridized carbons (Fsp3) is 0.583. The summed E-state index contributed by atoms with van der Waals surface area (Å²) in [7, 11) is 1.48. The molecule has 2 rings (SSSR count). The quantitative estimate of drug-likeness (QED) is 0.735. The largest absolute Gasteiger partial charge is 0.494 e. The minimum atomic E-state index is -0.399. The number of rotatable bonds is 2. The first kappa shape index (κ1) is 12.4. The summed E-state index contributed by atoms with van der Waals surface area (Å²) in [4.78, 5) is 0. The van der Waals surface area contributed by atoms with E-state index >= 15 is 0 Å². The number of hydrogen-bond acceptors (Lipinski definition) is 3. The predicted molar refractivity (Wildman–Crippen MR) is 68.3 cm³/mol. The maximum atomic E-state index is 5.93. The van der Waals surface area contributed by atoms with Crippen molar-refractivity contribution in [2.45, 2.75) is 38.9 Å². The van der Waals surface area contributed by atoms with Crippen LogP contribution < -0.4 is 0 Å². The Hall–Kier alpha value is -1.07. The van der Waals surface area contributed by atoms with E-state index in [1.165, 1.54) is 0 Å². The topological polar surface area (TPSA) is 36.3 Å². The van der Waals surface area contributed by atoms with Crippen molar-refractivity contribution in [3.8, 4) is 0 Å². The Kier molecular flexibility index (Phi) is 2.71. The van der Waals surface area contributed by atoms with E-state index in [0.29, 0.717) is 0 Å². The monoisotopic (exact) mass is 234 g/mol. The molecule has 0 atom stereocenters. The summed E-state index contributed by atoms with van der Waals surface area (Å²) in [5, 5.41) is 4.13. The lowest BCUT2D eigenvalue weighted by Gasteiger charge is -2.32. The molecule has 17 heavy (non-hydrogen) atoms. The zero-order valence-electron chi connectivity index (χ0n) is 11.2. The fourth-order valence-corrected chi connectivity index (χ4v) is 1.71. The predicted octanol–water partition coefficient (Wildman–Crippen LogP) is 2.06. The van der Waals surface area contributed by atoms with Crippen LogP contribution in [-0.4, -0.2) is 28.1 Å². The van der Waals surface area contributed by atoms with E-state index in [1.807, 2.05) is 40.9 Å². The van der Waals surface area contributed by atoms with Gasteiger partial charge in [-0.3, -0.25) is 4.68 Å². The maximum Gasteiger partial charge on any atom is 0.494 e. The first-order valence-electron chi connectivity index (χ1n) is 5.76. The van der Waals surface area contributed by atoms with Crippen molar-refractivity contribution in [3.63, 3.8) is 0 Å². The van der Waals surface area contributed by atoms with Crippen molar-refractivity contribution in [1.29, 1.82) is 0 Å². The molecule has 0 unspecified atom stereocenters. The van der Waals surface area contributed by atoms with E-state index in [9.17, 15) is 0 Å². The van der Waals surface area contributed by atoms with Gasteiger partial charge in [0.1, 0.15) is 0 Å². The zero-order chi connectivity index (χ0) is 12.8. The molecule has 0 bridgehead atoms. The standard InChI is InChI=1S/C12H19BN2O2/c1-9(10-7-14-15(6)8-10)13-16-11(2,3)12(4,5)17-13/h7-8H,1H2,2-6H3. The molecule has 1 aliphatic rings. The Bertz CT molecular complexity index is 435. The lowest BCUT2D eigenvalue weighted by atomic mass is 9.76. The van der Waals surface area contributed by atoms with Gasteiger partial charge in [-0.05, 0) is 33.2 Å². The van der Waals surface area contributed by atoms with Gasteiger partial charge in [0, 0.05) is 18.8 Å². The van der Waals surface area contributed by atoms with Crippen LogP contribution in [0.5, 0.6) is 0 Å². The van der Waals surface area contributed by atoms with Crippen molar-refractivity contribution < 1.29 is 9.31 Å². The molecule has 1 aromatic rings. The Morgan fingerprint density at radius 3 is 2.24 bits per heavy atom. The van der Waals surface area contributed by atoms with Gasteiger partial charge in [-0.1, -0.05) is 6.58 Å². The lowest BCUT2D eigenvalue weighted by Crippen LogP contribution is -2.41. The number of hydrogen-bond donors (Lipinski definition) is 0. The molecular weight excluding hydrogens is 215 g/mol. The smallest absolute Gasteiger partial charge is 0.399 e. The second kappa shape index (κ2) is 3.72. The molecule has 2 heterocycles. The second-order valence-corrected chi connectivity index (χ2v) is 5.52. The lowest BCUT2D eigenvalue weighted by molar-refractivity contribution is 0.00578. The van der Waals surface area contributed by atoms with Gasteiger partial charge in [0.15, 0.2) is 0 Å². The summed E-state index contributed by atoms with van der Waals surface area (Å²) in [6.45, 7) is 12.2. The first-order chi connectivity index (χ1) is 7.73. The van der Waals surface area contributed by atoms with Gasteiger partial charge in [0.05, 0.1) is 17.4 Å². The van der Waals surface area contributed by atoms with Crippen LogP contribution in [0.4, 0.5) is 0 Å². The van der Waals surface area contributed by atoms with Crippen molar-refractivity contribution in [2.24, 2.45) is 7.05 Å². The highest BCUT2D eigenvalue weighted by Gasteiger charge is 2.52. The summed E-state index contributed by atoms with van der Waals surface area (Å²) < 4.78 is 13.6. The molecule has 4 nitrogen and oxygen atoms in total. The highest BCUT2D eigenvalue weighted by molar-refractivity contribution is 6.68. The van der Waals surface area contributed by atoms with Crippen LogP contribution in [0.1, 0.15) is 33.3 Å². The van der Waals surface area contributed by atoms with E-state index in [-0.39, 0.29) is 11.2 Å². The first-order valence-corrected chi connectivity index (χ1v) is 5.76. The van der Waals surface area contributed by atoms with Crippen molar-refractivity contribution in [1.82, 2.24) is 9.78 Å². The molecule has 1 saturated heterocycles. The van der Waals surface area contributed by atoms with Crippen LogP contribution in [0.15, 0.2) is 19.0 Å². The van der Waals surface area contributed by atoms with E-state index in [1.54, 1.807) is 10.9 Å². The summed E-state index contributed by atoms with van der Waals surface area (Å²) in [6, 6.07) is 0. The minimum absolute atomic E-state index is 0.331. The van der Waals surface area contributed by atoms with E-state index in [2.05, 4.69) is 11.7 Å². The molecule has 0 aliphatic carbocycles. The number of nitrogens with zero attached hydrogens (tertiary/aromatic N) is 2. The van der Waals surface area contributed by atoms with Crippen LogP contribution in [0.25, 0.3) is 5.47 Å². The molecule has 0 spiro atoms. The Morgan fingerprint density at radius 2 is 1.82 bits per heavy atom. The van der Waals surface area contributed by atoms with Crippen LogP contribution in [0.3, 0.4) is 0 Å². The van der Waals surface area contributed by atoms with Crippen LogP contribution >= 0.6 is 0 Å². The van der Waals surface area contributed by atoms with Gasteiger partial charge in [0.25, 0.3) is 0 Å². The molecule has 92 valence electrons.